The summed E-state index contributed by atoms with van der Waals surface area (Å²) < 4.78 is 28.7. The molecular weight excluding hydrogens is 282 g/mol. The van der Waals surface area contributed by atoms with Gasteiger partial charge in [0, 0.05) is 5.88 Å². The minimum atomic E-state index is -3.70. The summed E-state index contributed by atoms with van der Waals surface area (Å²) in [5.74, 6) is 0.199. The van der Waals surface area contributed by atoms with Gasteiger partial charge >= 0.3 is 0 Å². The molecule has 0 spiro atoms. The summed E-state index contributed by atoms with van der Waals surface area (Å²) in [6.07, 6.45) is 0.243. The first-order chi connectivity index (χ1) is 8.42. The van der Waals surface area contributed by atoms with Crippen LogP contribution in [0.25, 0.3) is 0 Å². The average Bonchev–Trinajstić information content (AvgIpc) is 2.35. The van der Waals surface area contributed by atoms with E-state index < -0.39 is 20.4 Å². The zero-order valence-corrected chi connectivity index (χ0v) is 11.2. The lowest BCUT2D eigenvalue weighted by Crippen LogP contribution is -2.10. The SMILES string of the molecule is COc1ccc(S(=O)(=O)CCCCl)c([N+](=O)[O-])c1. The highest BCUT2D eigenvalue weighted by Crippen LogP contribution is 2.29. The predicted octanol–water partition coefficient (Wildman–Crippen LogP) is 2.01. The molecule has 100 valence electrons. The average molecular weight is 294 g/mol. The first kappa shape index (κ1) is 14.7. The molecule has 1 aromatic carbocycles. The number of sulfone groups is 1. The van der Waals surface area contributed by atoms with E-state index in [1.807, 2.05) is 0 Å². The summed E-state index contributed by atoms with van der Waals surface area (Å²) in [4.78, 5) is 9.82. The maximum Gasteiger partial charge on any atom is 0.291 e. The second-order valence-corrected chi connectivity index (χ2v) is 5.91. The molecule has 0 radical (unpaired) electrons. The summed E-state index contributed by atoms with van der Waals surface area (Å²) in [5.41, 5.74) is -0.482. The third-order valence-corrected chi connectivity index (χ3v) is 4.35. The first-order valence-corrected chi connectivity index (χ1v) is 7.22. The van der Waals surface area contributed by atoms with E-state index in [0.717, 1.165) is 6.07 Å². The van der Waals surface area contributed by atoms with Crippen LogP contribution in [0, 0.1) is 10.1 Å². The van der Waals surface area contributed by atoms with Crippen molar-refractivity contribution in [1.29, 1.82) is 0 Å². The Morgan fingerprint density at radius 1 is 1.44 bits per heavy atom. The Morgan fingerprint density at radius 2 is 2.11 bits per heavy atom. The van der Waals surface area contributed by atoms with Crippen molar-refractivity contribution in [2.45, 2.75) is 11.3 Å². The van der Waals surface area contributed by atoms with E-state index in [0.29, 0.717) is 0 Å². The van der Waals surface area contributed by atoms with Crippen molar-refractivity contribution in [3.63, 3.8) is 0 Å². The number of nitrogens with zero attached hydrogens (tertiary/aromatic N) is 1. The Hall–Kier alpha value is -1.34. The fraction of sp³-hybridized carbons (Fsp3) is 0.400. The van der Waals surface area contributed by atoms with Crippen LogP contribution in [0.5, 0.6) is 5.75 Å². The molecule has 0 heterocycles. The molecule has 0 unspecified atom stereocenters. The molecule has 0 amide bonds. The van der Waals surface area contributed by atoms with E-state index in [2.05, 4.69) is 0 Å². The van der Waals surface area contributed by atoms with Gasteiger partial charge in [-0.1, -0.05) is 0 Å². The Balaban J connectivity index is 3.27. The molecule has 0 aliphatic carbocycles. The van der Waals surface area contributed by atoms with Crippen molar-refractivity contribution in [2.75, 3.05) is 18.7 Å². The Labute approximate surface area is 110 Å². The van der Waals surface area contributed by atoms with Gasteiger partial charge in [-0.25, -0.2) is 8.42 Å². The van der Waals surface area contributed by atoms with Crippen molar-refractivity contribution >= 4 is 27.1 Å². The van der Waals surface area contributed by atoms with Crippen LogP contribution in [0.4, 0.5) is 5.69 Å². The van der Waals surface area contributed by atoms with Crippen LogP contribution in [0.2, 0.25) is 0 Å². The zero-order valence-electron chi connectivity index (χ0n) is 9.63. The van der Waals surface area contributed by atoms with Crippen LogP contribution < -0.4 is 4.74 Å². The summed E-state index contributed by atoms with van der Waals surface area (Å²) in [7, 11) is -2.36. The maximum atomic E-state index is 11.9. The number of nitro groups is 1. The summed E-state index contributed by atoms with van der Waals surface area (Å²) in [5, 5.41) is 10.9. The highest BCUT2D eigenvalue weighted by Gasteiger charge is 2.25. The maximum absolute atomic E-state index is 11.9. The van der Waals surface area contributed by atoms with Crippen molar-refractivity contribution in [1.82, 2.24) is 0 Å². The molecule has 1 aromatic rings. The zero-order chi connectivity index (χ0) is 13.8. The molecule has 0 N–H and O–H groups in total. The number of rotatable bonds is 6. The molecule has 0 aliphatic heterocycles. The molecule has 0 saturated heterocycles. The van der Waals surface area contributed by atoms with Gasteiger partial charge in [0.15, 0.2) is 9.84 Å². The lowest BCUT2D eigenvalue weighted by Gasteiger charge is -2.06. The third kappa shape index (κ3) is 3.33. The Morgan fingerprint density at radius 3 is 2.61 bits per heavy atom. The number of hydrogen-bond donors (Lipinski definition) is 0. The normalized spacial score (nSPS) is 11.2. The molecule has 0 atom stereocenters. The van der Waals surface area contributed by atoms with E-state index >= 15 is 0 Å². The van der Waals surface area contributed by atoms with Crippen LogP contribution in [0.1, 0.15) is 6.42 Å². The predicted molar refractivity (Wildman–Crippen MR) is 67.0 cm³/mol. The van der Waals surface area contributed by atoms with Crippen molar-refractivity contribution < 1.29 is 18.1 Å². The van der Waals surface area contributed by atoms with Crippen LogP contribution >= 0.6 is 11.6 Å². The smallest absolute Gasteiger partial charge is 0.291 e. The quantitative estimate of drug-likeness (QED) is 0.455. The number of halogens is 1. The van der Waals surface area contributed by atoms with Gasteiger partial charge in [0.1, 0.15) is 10.6 Å². The fourth-order valence-electron chi connectivity index (χ4n) is 1.38. The van der Waals surface area contributed by atoms with Gasteiger partial charge in [0.2, 0.25) is 0 Å². The van der Waals surface area contributed by atoms with E-state index in [1.54, 1.807) is 0 Å². The molecule has 0 aliphatic rings. The lowest BCUT2D eigenvalue weighted by molar-refractivity contribution is -0.387. The van der Waals surface area contributed by atoms with Gasteiger partial charge in [-0.15, -0.1) is 11.6 Å². The van der Waals surface area contributed by atoms with Crippen LogP contribution in [0.15, 0.2) is 23.1 Å². The van der Waals surface area contributed by atoms with Crippen molar-refractivity contribution in [3.8, 4) is 5.75 Å². The lowest BCUT2D eigenvalue weighted by atomic mass is 10.3. The number of hydrogen-bond acceptors (Lipinski definition) is 5. The number of nitro benzene ring substituents is 1. The second-order valence-electron chi connectivity index (χ2n) is 3.45. The van der Waals surface area contributed by atoms with Crippen LogP contribution in [0.3, 0.4) is 0 Å². The fourth-order valence-corrected chi connectivity index (χ4v) is 3.15. The summed E-state index contributed by atoms with van der Waals surface area (Å²) >= 11 is 5.43. The van der Waals surface area contributed by atoms with Crippen molar-refractivity contribution in [2.24, 2.45) is 0 Å². The van der Waals surface area contributed by atoms with Gasteiger partial charge in [0.25, 0.3) is 5.69 Å². The van der Waals surface area contributed by atoms with E-state index in [9.17, 15) is 18.5 Å². The largest absolute Gasteiger partial charge is 0.497 e. The Bertz CT molecular complexity index is 543. The van der Waals surface area contributed by atoms with E-state index in [-0.39, 0.29) is 28.7 Å². The minimum absolute atomic E-state index is 0.184. The van der Waals surface area contributed by atoms with Crippen LogP contribution in [-0.4, -0.2) is 32.1 Å². The highest BCUT2D eigenvalue weighted by molar-refractivity contribution is 7.91. The van der Waals surface area contributed by atoms with Gasteiger partial charge < -0.3 is 4.74 Å². The number of alkyl halides is 1. The van der Waals surface area contributed by atoms with E-state index in [4.69, 9.17) is 16.3 Å². The first-order valence-electron chi connectivity index (χ1n) is 5.03. The number of ether oxygens (including phenoxy) is 1. The number of methoxy groups -OCH3 is 1. The van der Waals surface area contributed by atoms with Gasteiger partial charge in [-0.2, -0.15) is 0 Å². The van der Waals surface area contributed by atoms with E-state index in [1.165, 1.54) is 19.2 Å². The molecule has 1 rings (SSSR count). The number of benzene rings is 1. The van der Waals surface area contributed by atoms with Crippen molar-refractivity contribution in [3.05, 3.63) is 28.3 Å². The Kier molecular flexibility index (Phi) is 4.92. The van der Waals surface area contributed by atoms with Gasteiger partial charge in [-0.3, -0.25) is 10.1 Å². The molecule has 0 fully saturated rings. The van der Waals surface area contributed by atoms with Gasteiger partial charge in [-0.05, 0) is 18.6 Å². The standard InChI is InChI=1S/C10H12ClNO5S/c1-17-8-3-4-10(9(7-8)12(13)14)18(15,16)6-2-5-11/h3-4,7H,2,5-6H2,1H3. The van der Waals surface area contributed by atoms with Gasteiger partial charge in [0.05, 0.1) is 23.9 Å². The molecule has 0 bridgehead atoms. The minimum Gasteiger partial charge on any atom is -0.497 e. The molecule has 18 heavy (non-hydrogen) atoms. The monoisotopic (exact) mass is 293 g/mol. The third-order valence-electron chi connectivity index (χ3n) is 2.24. The molecule has 8 heteroatoms. The highest BCUT2D eigenvalue weighted by atomic mass is 35.5. The molecule has 0 aromatic heterocycles. The molecule has 0 saturated carbocycles. The summed E-state index contributed by atoms with van der Waals surface area (Å²) in [6, 6.07) is 3.65. The second kappa shape index (κ2) is 6.01. The summed E-state index contributed by atoms with van der Waals surface area (Å²) in [6.45, 7) is 0. The van der Waals surface area contributed by atoms with Crippen LogP contribution in [-0.2, 0) is 9.84 Å². The molecular formula is C10H12ClNO5S. The topological polar surface area (TPSA) is 86.5 Å². The molecule has 6 nitrogen and oxygen atoms in total.